The summed E-state index contributed by atoms with van der Waals surface area (Å²) in [7, 11) is 0. The molecule has 2 aromatic heterocycles. The summed E-state index contributed by atoms with van der Waals surface area (Å²) in [6, 6.07) is 0. The maximum atomic E-state index is 5.41. The van der Waals surface area contributed by atoms with Crippen molar-refractivity contribution in [3.63, 3.8) is 0 Å². The highest BCUT2D eigenvalue weighted by Gasteiger charge is 2.07. The monoisotopic (exact) mass is 227 g/mol. The molecule has 8 nitrogen and oxygen atoms in total. The fraction of sp³-hybridized carbons (Fsp3) is 0.500. The molecule has 0 aromatic carbocycles. The summed E-state index contributed by atoms with van der Waals surface area (Å²) in [5, 5.41) is 15.6. The van der Waals surface area contributed by atoms with E-state index in [1.54, 1.807) is 4.68 Å². The van der Waals surface area contributed by atoms with Gasteiger partial charge >= 0.3 is 0 Å². The van der Waals surface area contributed by atoms with Crippen molar-refractivity contribution in [1.82, 2.24) is 30.3 Å². The number of tetrazole rings is 1. The molecule has 0 unspecified atom stereocenters. The first-order valence-electron chi connectivity index (χ1n) is 4.24. The summed E-state index contributed by atoms with van der Waals surface area (Å²) in [5.74, 6) is 1.18. The van der Waals surface area contributed by atoms with Crippen LogP contribution in [0.2, 0.25) is 0 Å². The fourth-order valence-electron chi connectivity index (χ4n) is 0.948. The predicted molar refractivity (Wildman–Crippen MR) is 50.7 cm³/mol. The van der Waals surface area contributed by atoms with Gasteiger partial charge in [-0.05, 0) is 10.4 Å². The standard InChI is InChI=1S/C6H9N7OS/c7-1-2-13-6(9-11-12-13)15-3-5-8-4-14-10-5/h4H,1-3,7H2. The van der Waals surface area contributed by atoms with E-state index in [2.05, 4.69) is 30.2 Å². The second-order valence-electron chi connectivity index (χ2n) is 2.61. The molecular formula is C6H9N7OS. The van der Waals surface area contributed by atoms with E-state index in [1.165, 1.54) is 18.2 Å². The summed E-state index contributed by atoms with van der Waals surface area (Å²) in [4.78, 5) is 3.89. The molecule has 0 fully saturated rings. The Bertz CT molecular complexity index is 399. The average molecular weight is 227 g/mol. The van der Waals surface area contributed by atoms with E-state index < -0.39 is 0 Å². The van der Waals surface area contributed by atoms with E-state index >= 15 is 0 Å². The summed E-state index contributed by atoms with van der Waals surface area (Å²) in [5.41, 5.74) is 5.41. The molecule has 80 valence electrons. The third kappa shape index (κ3) is 2.50. The highest BCUT2D eigenvalue weighted by Crippen LogP contribution is 2.17. The number of hydrogen-bond acceptors (Lipinski definition) is 8. The number of nitrogens with zero attached hydrogens (tertiary/aromatic N) is 6. The van der Waals surface area contributed by atoms with Crippen LogP contribution in [0.1, 0.15) is 5.82 Å². The Kier molecular flexibility index (Phi) is 3.25. The molecule has 0 saturated carbocycles. The lowest BCUT2D eigenvalue weighted by Gasteiger charge is -1.99. The molecule has 0 aliphatic rings. The second-order valence-corrected chi connectivity index (χ2v) is 3.55. The Labute approximate surface area is 89.2 Å². The minimum atomic E-state index is 0.501. The molecule has 0 spiro atoms. The molecule has 0 bridgehead atoms. The Morgan fingerprint density at radius 1 is 1.53 bits per heavy atom. The van der Waals surface area contributed by atoms with E-state index in [-0.39, 0.29) is 0 Å². The topological polar surface area (TPSA) is 109 Å². The minimum Gasteiger partial charge on any atom is -0.343 e. The molecule has 2 rings (SSSR count). The molecule has 2 heterocycles. The van der Waals surface area contributed by atoms with Crippen LogP contribution in [0.25, 0.3) is 0 Å². The molecule has 0 aliphatic heterocycles. The largest absolute Gasteiger partial charge is 0.343 e. The van der Waals surface area contributed by atoms with Gasteiger partial charge < -0.3 is 10.3 Å². The third-order valence-electron chi connectivity index (χ3n) is 1.58. The number of nitrogens with two attached hydrogens (primary N) is 1. The lowest BCUT2D eigenvalue weighted by molar-refractivity contribution is 0.412. The molecule has 0 aliphatic carbocycles. The zero-order valence-corrected chi connectivity index (χ0v) is 8.59. The smallest absolute Gasteiger partial charge is 0.213 e. The van der Waals surface area contributed by atoms with Gasteiger partial charge in [-0.2, -0.15) is 4.98 Å². The van der Waals surface area contributed by atoms with Crippen molar-refractivity contribution in [2.24, 2.45) is 5.73 Å². The highest BCUT2D eigenvalue weighted by atomic mass is 32.2. The first-order chi connectivity index (χ1) is 7.40. The van der Waals surface area contributed by atoms with Crippen molar-refractivity contribution in [2.75, 3.05) is 6.54 Å². The quantitative estimate of drug-likeness (QED) is 0.668. The van der Waals surface area contributed by atoms with Gasteiger partial charge in [-0.25, -0.2) is 4.68 Å². The van der Waals surface area contributed by atoms with Gasteiger partial charge in [0.05, 0.1) is 12.3 Å². The van der Waals surface area contributed by atoms with Gasteiger partial charge in [-0.15, -0.1) is 5.10 Å². The van der Waals surface area contributed by atoms with Gasteiger partial charge in [0.15, 0.2) is 5.82 Å². The van der Waals surface area contributed by atoms with Crippen LogP contribution in [0.4, 0.5) is 0 Å². The van der Waals surface area contributed by atoms with Crippen LogP contribution in [0, 0.1) is 0 Å². The first kappa shape index (κ1) is 10.1. The van der Waals surface area contributed by atoms with Crippen molar-refractivity contribution in [1.29, 1.82) is 0 Å². The normalized spacial score (nSPS) is 10.7. The van der Waals surface area contributed by atoms with Gasteiger partial charge in [0, 0.05) is 6.54 Å². The van der Waals surface area contributed by atoms with E-state index in [0.29, 0.717) is 29.8 Å². The van der Waals surface area contributed by atoms with Gasteiger partial charge in [0.1, 0.15) is 0 Å². The third-order valence-corrected chi connectivity index (χ3v) is 2.53. The van der Waals surface area contributed by atoms with E-state index in [4.69, 9.17) is 5.73 Å². The molecule has 0 atom stereocenters. The molecule has 2 aromatic rings. The van der Waals surface area contributed by atoms with Crippen LogP contribution < -0.4 is 5.73 Å². The maximum Gasteiger partial charge on any atom is 0.213 e. The van der Waals surface area contributed by atoms with Crippen molar-refractivity contribution < 1.29 is 4.52 Å². The van der Waals surface area contributed by atoms with Crippen LogP contribution in [0.3, 0.4) is 0 Å². The van der Waals surface area contributed by atoms with Gasteiger partial charge in [-0.1, -0.05) is 16.9 Å². The second kappa shape index (κ2) is 4.84. The average Bonchev–Trinajstić information content (AvgIpc) is 2.85. The zero-order chi connectivity index (χ0) is 10.5. The fourth-order valence-corrected chi connectivity index (χ4v) is 1.70. The number of rotatable bonds is 5. The zero-order valence-electron chi connectivity index (χ0n) is 7.78. The minimum absolute atomic E-state index is 0.501. The van der Waals surface area contributed by atoms with E-state index in [1.807, 2.05) is 0 Å². The Morgan fingerprint density at radius 3 is 3.20 bits per heavy atom. The Morgan fingerprint density at radius 2 is 2.47 bits per heavy atom. The first-order valence-corrected chi connectivity index (χ1v) is 5.23. The molecule has 9 heteroatoms. The highest BCUT2D eigenvalue weighted by molar-refractivity contribution is 7.98. The summed E-state index contributed by atoms with van der Waals surface area (Å²) in [6.07, 6.45) is 1.29. The number of thioether (sulfide) groups is 1. The van der Waals surface area contributed by atoms with Crippen molar-refractivity contribution in [2.45, 2.75) is 17.5 Å². The Hall–Kier alpha value is -1.48. The maximum absolute atomic E-state index is 5.41. The van der Waals surface area contributed by atoms with Crippen molar-refractivity contribution >= 4 is 11.8 Å². The summed E-state index contributed by atoms with van der Waals surface area (Å²) < 4.78 is 6.25. The van der Waals surface area contributed by atoms with E-state index in [9.17, 15) is 0 Å². The van der Waals surface area contributed by atoms with Crippen LogP contribution in [0.5, 0.6) is 0 Å². The molecule has 0 amide bonds. The van der Waals surface area contributed by atoms with Crippen molar-refractivity contribution in [3.05, 3.63) is 12.2 Å². The summed E-state index contributed by atoms with van der Waals surface area (Å²) >= 11 is 1.44. The van der Waals surface area contributed by atoms with Crippen LogP contribution in [-0.2, 0) is 12.3 Å². The van der Waals surface area contributed by atoms with Gasteiger partial charge in [0.2, 0.25) is 11.6 Å². The number of hydrogen-bond donors (Lipinski definition) is 1. The van der Waals surface area contributed by atoms with Gasteiger partial charge in [-0.3, -0.25) is 0 Å². The molecule has 2 N–H and O–H groups in total. The van der Waals surface area contributed by atoms with Crippen molar-refractivity contribution in [3.8, 4) is 0 Å². The lowest BCUT2D eigenvalue weighted by Crippen LogP contribution is -2.12. The Balaban J connectivity index is 1.95. The van der Waals surface area contributed by atoms with Crippen LogP contribution in [-0.4, -0.2) is 36.9 Å². The van der Waals surface area contributed by atoms with Crippen LogP contribution in [0.15, 0.2) is 16.1 Å². The SMILES string of the molecule is NCCn1nnnc1SCc1ncon1. The molecular weight excluding hydrogens is 218 g/mol. The number of aromatic nitrogens is 6. The molecule has 0 radical (unpaired) electrons. The van der Waals surface area contributed by atoms with E-state index in [0.717, 1.165) is 0 Å². The lowest BCUT2D eigenvalue weighted by atomic mass is 10.7. The van der Waals surface area contributed by atoms with Gasteiger partial charge in [0.25, 0.3) is 0 Å². The van der Waals surface area contributed by atoms with Crippen LogP contribution >= 0.6 is 11.8 Å². The summed E-state index contributed by atoms with van der Waals surface area (Å²) in [6.45, 7) is 1.10. The molecule has 0 saturated heterocycles. The molecule has 15 heavy (non-hydrogen) atoms. The predicted octanol–water partition coefficient (Wildman–Crippen LogP) is -0.693.